The van der Waals surface area contributed by atoms with E-state index in [0.29, 0.717) is 5.69 Å². The highest BCUT2D eigenvalue weighted by atomic mass is 16.4. The second-order valence-electron chi connectivity index (χ2n) is 4.42. The van der Waals surface area contributed by atoms with Crippen LogP contribution in [0.4, 0.5) is 0 Å². The highest BCUT2D eigenvalue weighted by Gasteiger charge is 2.26. The number of hydrogen-bond donors (Lipinski definition) is 3. The third-order valence-corrected chi connectivity index (χ3v) is 3.19. The molecule has 1 unspecified atom stereocenters. The maximum atomic E-state index is 11.1. The molecular formula is C12H15NO4. The highest BCUT2D eigenvalue weighted by molar-refractivity contribution is 5.82. The van der Waals surface area contributed by atoms with Gasteiger partial charge in [0.2, 0.25) is 0 Å². The molecule has 0 amide bonds. The second-order valence-corrected chi connectivity index (χ2v) is 4.42. The SMILES string of the molecule is O=C(O)CC(C(=O)O)c1cc2c([nH]1)CCCC2. The van der Waals surface area contributed by atoms with Crippen LogP contribution in [-0.4, -0.2) is 27.1 Å². The van der Waals surface area contributed by atoms with Crippen LogP contribution < -0.4 is 0 Å². The van der Waals surface area contributed by atoms with Gasteiger partial charge < -0.3 is 15.2 Å². The molecule has 0 saturated carbocycles. The average molecular weight is 237 g/mol. The molecule has 1 atom stereocenters. The van der Waals surface area contributed by atoms with Crippen molar-refractivity contribution >= 4 is 11.9 Å². The van der Waals surface area contributed by atoms with Crippen LogP contribution >= 0.6 is 0 Å². The van der Waals surface area contributed by atoms with Crippen molar-refractivity contribution in [3.63, 3.8) is 0 Å². The van der Waals surface area contributed by atoms with Gasteiger partial charge in [0.25, 0.3) is 0 Å². The first-order valence-corrected chi connectivity index (χ1v) is 5.73. The van der Waals surface area contributed by atoms with E-state index in [-0.39, 0.29) is 6.42 Å². The van der Waals surface area contributed by atoms with E-state index in [1.54, 1.807) is 0 Å². The van der Waals surface area contributed by atoms with Crippen molar-refractivity contribution in [1.29, 1.82) is 0 Å². The zero-order chi connectivity index (χ0) is 12.4. The summed E-state index contributed by atoms with van der Waals surface area (Å²) in [5.41, 5.74) is 2.73. The Morgan fingerprint density at radius 2 is 2.00 bits per heavy atom. The maximum absolute atomic E-state index is 11.1. The summed E-state index contributed by atoms with van der Waals surface area (Å²) < 4.78 is 0. The molecule has 2 rings (SSSR count). The summed E-state index contributed by atoms with van der Waals surface area (Å²) in [5, 5.41) is 17.8. The summed E-state index contributed by atoms with van der Waals surface area (Å²) in [6.07, 6.45) is 3.71. The molecule has 1 aromatic heterocycles. The van der Waals surface area contributed by atoms with Crippen LogP contribution in [0.2, 0.25) is 0 Å². The fourth-order valence-electron chi connectivity index (χ4n) is 2.32. The number of carbonyl (C=O) groups is 2. The molecule has 0 saturated heterocycles. The van der Waals surface area contributed by atoms with Gasteiger partial charge in [-0.2, -0.15) is 0 Å². The van der Waals surface area contributed by atoms with E-state index in [1.807, 2.05) is 6.07 Å². The van der Waals surface area contributed by atoms with E-state index in [9.17, 15) is 9.59 Å². The van der Waals surface area contributed by atoms with E-state index in [0.717, 1.165) is 36.9 Å². The Balaban J connectivity index is 2.26. The first-order valence-electron chi connectivity index (χ1n) is 5.73. The number of aromatic amines is 1. The Kier molecular flexibility index (Phi) is 3.17. The molecule has 0 spiro atoms. The van der Waals surface area contributed by atoms with E-state index in [2.05, 4.69) is 4.98 Å². The predicted octanol–water partition coefficient (Wildman–Crippen LogP) is 1.54. The van der Waals surface area contributed by atoms with Crippen molar-refractivity contribution in [3.8, 4) is 0 Å². The number of aryl methyl sites for hydroxylation is 2. The van der Waals surface area contributed by atoms with Gasteiger partial charge in [-0.1, -0.05) is 0 Å². The van der Waals surface area contributed by atoms with Crippen LogP contribution in [-0.2, 0) is 22.4 Å². The molecule has 0 aromatic carbocycles. The van der Waals surface area contributed by atoms with Gasteiger partial charge in [0.1, 0.15) is 5.92 Å². The van der Waals surface area contributed by atoms with Crippen LogP contribution in [0.1, 0.15) is 42.1 Å². The zero-order valence-corrected chi connectivity index (χ0v) is 9.40. The van der Waals surface area contributed by atoms with Gasteiger partial charge in [0.05, 0.1) is 6.42 Å². The number of aromatic nitrogens is 1. The minimum Gasteiger partial charge on any atom is -0.481 e. The molecule has 0 aliphatic heterocycles. The Labute approximate surface area is 98.5 Å². The molecule has 5 nitrogen and oxygen atoms in total. The van der Waals surface area contributed by atoms with Crippen molar-refractivity contribution in [3.05, 3.63) is 23.0 Å². The lowest BCUT2D eigenvalue weighted by Gasteiger charge is -2.09. The van der Waals surface area contributed by atoms with Gasteiger partial charge >= 0.3 is 11.9 Å². The summed E-state index contributed by atoms with van der Waals surface area (Å²) in [4.78, 5) is 24.8. The van der Waals surface area contributed by atoms with E-state index in [1.165, 1.54) is 0 Å². The standard InChI is InChI=1S/C12H15NO4/c14-11(15)6-8(12(16)17)10-5-7-3-1-2-4-9(7)13-10/h5,8,13H,1-4,6H2,(H,14,15)(H,16,17). The number of aliphatic carboxylic acids is 2. The van der Waals surface area contributed by atoms with Crippen molar-refractivity contribution in [2.45, 2.75) is 38.0 Å². The molecule has 1 heterocycles. The highest BCUT2D eigenvalue weighted by Crippen LogP contribution is 2.27. The number of fused-ring (bicyclic) bond motifs is 1. The fraction of sp³-hybridized carbons (Fsp3) is 0.500. The Morgan fingerprint density at radius 1 is 1.29 bits per heavy atom. The Hall–Kier alpha value is -1.78. The van der Waals surface area contributed by atoms with E-state index < -0.39 is 17.9 Å². The van der Waals surface area contributed by atoms with Crippen molar-refractivity contribution in [2.75, 3.05) is 0 Å². The molecule has 1 aromatic rings. The van der Waals surface area contributed by atoms with Crippen molar-refractivity contribution in [2.24, 2.45) is 0 Å². The third-order valence-electron chi connectivity index (χ3n) is 3.19. The maximum Gasteiger partial charge on any atom is 0.313 e. The molecule has 17 heavy (non-hydrogen) atoms. The molecule has 3 N–H and O–H groups in total. The average Bonchev–Trinajstić information content (AvgIpc) is 2.68. The van der Waals surface area contributed by atoms with Crippen LogP contribution in [0.3, 0.4) is 0 Å². The molecule has 0 bridgehead atoms. The number of hydrogen-bond acceptors (Lipinski definition) is 2. The molecule has 92 valence electrons. The van der Waals surface area contributed by atoms with E-state index in [4.69, 9.17) is 10.2 Å². The number of H-pyrrole nitrogens is 1. The van der Waals surface area contributed by atoms with Crippen molar-refractivity contribution < 1.29 is 19.8 Å². The zero-order valence-electron chi connectivity index (χ0n) is 9.40. The Bertz CT molecular complexity index is 426. The van der Waals surface area contributed by atoms with Crippen LogP contribution in [0.5, 0.6) is 0 Å². The van der Waals surface area contributed by atoms with Crippen LogP contribution in [0.25, 0.3) is 0 Å². The van der Waals surface area contributed by atoms with Crippen LogP contribution in [0.15, 0.2) is 6.07 Å². The lowest BCUT2D eigenvalue weighted by molar-refractivity contribution is -0.145. The molecule has 5 heteroatoms. The first kappa shape index (κ1) is 11.7. The summed E-state index contributed by atoms with van der Waals surface area (Å²) in [5.74, 6) is -3.16. The molecular weight excluding hydrogens is 222 g/mol. The number of rotatable bonds is 4. The lowest BCUT2D eigenvalue weighted by atomic mass is 9.97. The minimum absolute atomic E-state index is 0.380. The molecule has 0 radical (unpaired) electrons. The van der Waals surface area contributed by atoms with Gasteiger partial charge in [-0.3, -0.25) is 9.59 Å². The largest absolute Gasteiger partial charge is 0.481 e. The minimum atomic E-state index is -1.09. The summed E-state index contributed by atoms with van der Waals surface area (Å²) in [7, 11) is 0. The van der Waals surface area contributed by atoms with Gasteiger partial charge in [0.15, 0.2) is 0 Å². The number of carboxylic acid groups (broad SMARTS) is 2. The molecule has 1 aliphatic rings. The lowest BCUT2D eigenvalue weighted by Crippen LogP contribution is -2.16. The van der Waals surface area contributed by atoms with E-state index >= 15 is 0 Å². The van der Waals surface area contributed by atoms with Gasteiger partial charge in [0, 0.05) is 11.4 Å². The first-order chi connectivity index (χ1) is 8.08. The number of carboxylic acids is 2. The topological polar surface area (TPSA) is 90.4 Å². The summed E-state index contributed by atoms with van der Waals surface area (Å²) >= 11 is 0. The molecule has 1 aliphatic carbocycles. The monoisotopic (exact) mass is 237 g/mol. The normalized spacial score (nSPS) is 16.2. The predicted molar refractivity (Wildman–Crippen MR) is 60.1 cm³/mol. The van der Waals surface area contributed by atoms with Gasteiger partial charge in [-0.25, -0.2) is 0 Å². The van der Waals surface area contributed by atoms with Gasteiger partial charge in [-0.05, 0) is 37.3 Å². The third kappa shape index (κ3) is 2.49. The second kappa shape index (κ2) is 4.61. The van der Waals surface area contributed by atoms with Gasteiger partial charge in [-0.15, -0.1) is 0 Å². The number of nitrogens with one attached hydrogen (secondary N) is 1. The summed E-state index contributed by atoms with van der Waals surface area (Å²) in [6, 6.07) is 1.82. The van der Waals surface area contributed by atoms with Crippen molar-refractivity contribution in [1.82, 2.24) is 4.98 Å². The fourth-order valence-corrected chi connectivity index (χ4v) is 2.32. The van der Waals surface area contributed by atoms with Crippen LogP contribution in [0, 0.1) is 0 Å². The smallest absolute Gasteiger partial charge is 0.313 e. The summed E-state index contributed by atoms with van der Waals surface area (Å²) in [6.45, 7) is 0. The molecule has 0 fully saturated rings. The Morgan fingerprint density at radius 3 is 2.59 bits per heavy atom. The quantitative estimate of drug-likeness (QED) is 0.740.